The smallest absolute Gasteiger partial charge is 0.0265 e. The van der Waals surface area contributed by atoms with Crippen LogP contribution in [0.4, 0.5) is 0 Å². The molecule has 0 bridgehead atoms. The van der Waals surface area contributed by atoms with Gasteiger partial charge in [0.1, 0.15) is 0 Å². The van der Waals surface area contributed by atoms with Crippen molar-refractivity contribution in [3.63, 3.8) is 0 Å². The van der Waals surface area contributed by atoms with Crippen LogP contribution in [-0.2, 0) is 0 Å². The Balaban J connectivity index is 4.74. The summed E-state index contributed by atoms with van der Waals surface area (Å²) in [7, 11) is 0. The maximum Gasteiger partial charge on any atom is -0.0265 e. The second-order valence-corrected chi connectivity index (χ2v) is 8.47. The van der Waals surface area contributed by atoms with E-state index in [9.17, 15) is 0 Å². The molecule has 0 saturated carbocycles. The van der Waals surface area contributed by atoms with Crippen LogP contribution in [-0.4, -0.2) is 0 Å². The topological polar surface area (TPSA) is 0 Å². The van der Waals surface area contributed by atoms with Gasteiger partial charge in [0.15, 0.2) is 0 Å². The van der Waals surface area contributed by atoms with E-state index in [1.807, 2.05) is 0 Å². The lowest BCUT2D eigenvalue weighted by Crippen LogP contribution is -2.14. The van der Waals surface area contributed by atoms with E-state index in [-0.39, 0.29) is 0 Å². The summed E-state index contributed by atoms with van der Waals surface area (Å²) in [6.45, 7) is 22.0. The van der Waals surface area contributed by atoms with Crippen LogP contribution in [0, 0.1) is 23.7 Å². The van der Waals surface area contributed by atoms with Gasteiger partial charge in [-0.05, 0) is 82.5 Å². The van der Waals surface area contributed by atoms with Gasteiger partial charge in [0.25, 0.3) is 0 Å². The minimum absolute atomic E-state index is 0.619. The molecule has 0 aromatic carbocycles. The van der Waals surface area contributed by atoms with Gasteiger partial charge in [0.2, 0.25) is 0 Å². The highest BCUT2D eigenvalue weighted by atomic mass is 14.2. The van der Waals surface area contributed by atoms with Gasteiger partial charge in [-0.15, -0.1) is 6.58 Å². The van der Waals surface area contributed by atoms with Crippen molar-refractivity contribution in [2.75, 3.05) is 0 Å². The molecule has 0 aromatic heterocycles. The van der Waals surface area contributed by atoms with Crippen LogP contribution in [0.1, 0.15) is 86.5 Å². The fourth-order valence-electron chi connectivity index (χ4n) is 3.44. The maximum atomic E-state index is 4.33. The van der Waals surface area contributed by atoms with Crippen LogP contribution in [0.5, 0.6) is 0 Å². The van der Waals surface area contributed by atoms with Crippen molar-refractivity contribution in [1.82, 2.24) is 0 Å². The molecular formula is C25H44. The van der Waals surface area contributed by atoms with Crippen LogP contribution >= 0.6 is 0 Å². The molecule has 0 fully saturated rings. The van der Waals surface area contributed by atoms with E-state index in [1.165, 1.54) is 49.7 Å². The van der Waals surface area contributed by atoms with Gasteiger partial charge in [0, 0.05) is 0 Å². The van der Waals surface area contributed by atoms with Gasteiger partial charge in [0.05, 0.1) is 0 Å². The molecule has 0 amide bonds. The monoisotopic (exact) mass is 344 g/mol. The zero-order chi connectivity index (χ0) is 19.2. The standard InChI is InChI=1S/C25H44/c1-9-11-12-13-22(6)15-17-25(16-14-21(5)10-2)24(8)19-23(7)18-20(3)4/h9-11,15,20-21,24-25H,2,7,12-14,16-19H2,1,3-6,8H3/b11-9+,22-15+. The molecule has 3 unspecified atom stereocenters. The van der Waals surface area contributed by atoms with Gasteiger partial charge in [-0.25, -0.2) is 0 Å². The van der Waals surface area contributed by atoms with E-state index >= 15 is 0 Å². The molecule has 0 aliphatic carbocycles. The van der Waals surface area contributed by atoms with E-state index in [0.717, 1.165) is 12.3 Å². The Labute approximate surface area is 159 Å². The first-order valence-corrected chi connectivity index (χ1v) is 10.4. The summed E-state index contributed by atoms with van der Waals surface area (Å²) in [6.07, 6.45) is 17.5. The van der Waals surface area contributed by atoms with Crippen molar-refractivity contribution in [2.24, 2.45) is 23.7 Å². The SMILES string of the molecule is C=CC(C)CCC(C/C=C(\C)CC/C=C/C)C(C)CC(=C)CC(C)C. The molecule has 0 radical (unpaired) electrons. The number of hydrogen-bond acceptors (Lipinski definition) is 0. The maximum absolute atomic E-state index is 4.33. The van der Waals surface area contributed by atoms with E-state index in [0.29, 0.717) is 17.8 Å². The summed E-state index contributed by atoms with van der Waals surface area (Å²) >= 11 is 0. The number of allylic oxidation sites excluding steroid dienone is 6. The second kappa shape index (κ2) is 14.2. The first-order valence-electron chi connectivity index (χ1n) is 10.4. The van der Waals surface area contributed by atoms with Gasteiger partial charge in [-0.2, -0.15) is 0 Å². The normalized spacial score (nSPS) is 16.2. The molecule has 0 aliphatic heterocycles. The van der Waals surface area contributed by atoms with Crippen molar-refractivity contribution in [1.29, 1.82) is 0 Å². The number of hydrogen-bond donors (Lipinski definition) is 0. The molecule has 3 atom stereocenters. The van der Waals surface area contributed by atoms with E-state index in [4.69, 9.17) is 0 Å². The fourth-order valence-corrected chi connectivity index (χ4v) is 3.44. The van der Waals surface area contributed by atoms with Crippen LogP contribution in [0.3, 0.4) is 0 Å². The second-order valence-electron chi connectivity index (χ2n) is 8.47. The highest BCUT2D eigenvalue weighted by molar-refractivity contribution is 5.02. The summed E-state index contributed by atoms with van der Waals surface area (Å²) in [5.74, 6) is 2.80. The Bertz CT molecular complexity index is 421. The van der Waals surface area contributed by atoms with E-state index in [1.54, 1.807) is 0 Å². The molecule has 0 heteroatoms. The molecule has 0 nitrogen and oxygen atoms in total. The molecule has 0 saturated heterocycles. The lowest BCUT2D eigenvalue weighted by atomic mass is 9.80. The largest absolute Gasteiger partial charge is 0.103 e. The molecule has 0 rings (SSSR count). The predicted octanol–water partition coefficient (Wildman–Crippen LogP) is 8.53. The van der Waals surface area contributed by atoms with Crippen LogP contribution in [0.15, 0.2) is 48.6 Å². The Kier molecular flexibility index (Phi) is 13.6. The van der Waals surface area contributed by atoms with Crippen molar-refractivity contribution >= 4 is 0 Å². The van der Waals surface area contributed by atoms with Crippen molar-refractivity contribution in [3.05, 3.63) is 48.6 Å². The summed E-state index contributed by atoms with van der Waals surface area (Å²) in [6, 6.07) is 0. The van der Waals surface area contributed by atoms with Crippen LogP contribution in [0.25, 0.3) is 0 Å². The van der Waals surface area contributed by atoms with Crippen molar-refractivity contribution in [2.45, 2.75) is 86.5 Å². The third-order valence-corrected chi connectivity index (χ3v) is 5.22. The van der Waals surface area contributed by atoms with Gasteiger partial charge in [-0.3, -0.25) is 0 Å². The van der Waals surface area contributed by atoms with Gasteiger partial charge >= 0.3 is 0 Å². The Hall–Kier alpha value is -1.04. The lowest BCUT2D eigenvalue weighted by Gasteiger charge is -2.25. The average Bonchev–Trinajstić information content (AvgIpc) is 2.53. The van der Waals surface area contributed by atoms with Gasteiger partial charge < -0.3 is 0 Å². The molecule has 0 spiro atoms. The molecule has 144 valence electrons. The minimum atomic E-state index is 0.619. The third kappa shape index (κ3) is 12.9. The van der Waals surface area contributed by atoms with Crippen molar-refractivity contribution < 1.29 is 0 Å². The predicted molar refractivity (Wildman–Crippen MR) is 117 cm³/mol. The van der Waals surface area contributed by atoms with E-state index < -0.39 is 0 Å². The molecule has 0 aliphatic rings. The van der Waals surface area contributed by atoms with Gasteiger partial charge in [-0.1, -0.05) is 69.7 Å². The Morgan fingerprint density at radius 3 is 2.28 bits per heavy atom. The first kappa shape index (κ1) is 24.0. The van der Waals surface area contributed by atoms with Crippen molar-refractivity contribution in [3.8, 4) is 0 Å². The summed E-state index contributed by atoms with van der Waals surface area (Å²) in [4.78, 5) is 0. The highest BCUT2D eigenvalue weighted by Gasteiger charge is 2.18. The number of rotatable bonds is 14. The molecule has 25 heavy (non-hydrogen) atoms. The summed E-state index contributed by atoms with van der Waals surface area (Å²) in [5.41, 5.74) is 2.96. The lowest BCUT2D eigenvalue weighted by molar-refractivity contribution is 0.314. The van der Waals surface area contributed by atoms with E-state index in [2.05, 4.69) is 79.0 Å². The Morgan fingerprint density at radius 1 is 1.04 bits per heavy atom. The highest BCUT2D eigenvalue weighted by Crippen LogP contribution is 2.30. The average molecular weight is 345 g/mol. The zero-order valence-electron chi connectivity index (χ0n) is 18.0. The Morgan fingerprint density at radius 2 is 1.72 bits per heavy atom. The minimum Gasteiger partial charge on any atom is -0.103 e. The summed E-state index contributed by atoms with van der Waals surface area (Å²) < 4.78 is 0. The molecule has 0 N–H and O–H groups in total. The quantitative estimate of drug-likeness (QED) is 0.277. The molecular weight excluding hydrogens is 300 g/mol. The molecule has 0 aromatic rings. The molecule has 0 heterocycles. The third-order valence-electron chi connectivity index (χ3n) is 5.22. The summed E-state index contributed by atoms with van der Waals surface area (Å²) in [5, 5.41) is 0. The van der Waals surface area contributed by atoms with Crippen LogP contribution in [0.2, 0.25) is 0 Å². The zero-order valence-corrected chi connectivity index (χ0v) is 18.0. The fraction of sp³-hybridized carbons (Fsp3) is 0.680. The first-order chi connectivity index (χ1) is 11.8. The van der Waals surface area contributed by atoms with Crippen LogP contribution < -0.4 is 0 Å².